The van der Waals surface area contributed by atoms with Gasteiger partial charge in [0.1, 0.15) is 0 Å². The van der Waals surface area contributed by atoms with Gasteiger partial charge in [-0.1, -0.05) is 30.3 Å². The van der Waals surface area contributed by atoms with Gasteiger partial charge >= 0.3 is 0 Å². The maximum Gasteiger partial charge on any atom is 0.0839 e. The van der Waals surface area contributed by atoms with E-state index in [2.05, 4.69) is 11.0 Å². The average Bonchev–Trinajstić information content (AvgIpc) is 3.25. The minimum atomic E-state index is -0.0383. The molecule has 2 rings (SSSR count). The fraction of sp³-hybridized carbons (Fsp3) is 0.533. The van der Waals surface area contributed by atoms with Crippen LogP contribution in [-0.4, -0.2) is 37.7 Å². The van der Waals surface area contributed by atoms with Crippen molar-refractivity contribution < 1.29 is 4.74 Å². The van der Waals surface area contributed by atoms with Crippen LogP contribution >= 0.6 is 0 Å². The van der Waals surface area contributed by atoms with E-state index in [9.17, 15) is 5.26 Å². The molecule has 0 heterocycles. The monoisotopic (exact) mass is 244 g/mol. The molecule has 1 aromatic carbocycles. The van der Waals surface area contributed by atoms with Gasteiger partial charge in [0.25, 0.3) is 0 Å². The Morgan fingerprint density at radius 1 is 1.39 bits per heavy atom. The Kier molecular flexibility index (Phi) is 4.74. The molecule has 0 bridgehead atoms. The van der Waals surface area contributed by atoms with Gasteiger partial charge < -0.3 is 4.74 Å². The number of methoxy groups -OCH3 is 1. The molecular formula is C15H20N2O. The van der Waals surface area contributed by atoms with E-state index in [1.165, 1.54) is 12.8 Å². The van der Waals surface area contributed by atoms with Crippen LogP contribution < -0.4 is 0 Å². The van der Waals surface area contributed by atoms with Gasteiger partial charge in [-0.2, -0.15) is 5.26 Å². The summed E-state index contributed by atoms with van der Waals surface area (Å²) in [7, 11) is 1.73. The summed E-state index contributed by atoms with van der Waals surface area (Å²) in [5, 5.41) is 9.35. The Hall–Kier alpha value is -1.37. The van der Waals surface area contributed by atoms with E-state index in [-0.39, 0.29) is 5.92 Å². The van der Waals surface area contributed by atoms with E-state index in [1.54, 1.807) is 7.11 Å². The summed E-state index contributed by atoms with van der Waals surface area (Å²) in [5.41, 5.74) is 1.11. The highest BCUT2D eigenvalue weighted by Crippen LogP contribution is 2.29. The van der Waals surface area contributed by atoms with Crippen molar-refractivity contribution in [3.05, 3.63) is 35.9 Å². The van der Waals surface area contributed by atoms with Crippen LogP contribution in [0.1, 0.15) is 24.3 Å². The van der Waals surface area contributed by atoms with Crippen LogP contribution in [-0.2, 0) is 4.74 Å². The van der Waals surface area contributed by atoms with Crippen LogP contribution in [0.25, 0.3) is 0 Å². The number of hydrogen-bond acceptors (Lipinski definition) is 3. The van der Waals surface area contributed by atoms with Gasteiger partial charge in [-0.25, -0.2) is 0 Å². The first-order valence-electron chi connectivity index (χ1n) is 6.52. The smallest absolute Gasteiger partial charge is 0.0839 e. The lowest BCUT2D eigenvalue weighted by Gasteiger charge is -2.24. The van der Waals surface area contributed by atoms with Gasteiger partial charge in [-0.05, 0) is 18.4 Å². The Balaban J connectivity index is 1.98. The zero-order valence-corrected chi connectivity index (χ0v) is 10.9. The third-order valence-electron chi connectivity index (χ3n) is 3.42. The van der Waals surface area contributed by atoms with Crippen LogP contribution in [0.15, 0.2) is 30.3 Å². The second kappa shape index (κ2) is 6.53. The molecule has 3 nitrogen and oxygen atoms in total. The fourth-order valence-corrected chi connectivity index (χ4v) is 2.21. The Bertz CT molecular complexity index is 395. The number of nitrogens with zero attached hydrogens (tertiary/aromatic N) is 2. The molecule has 3 heteroatoms. The molecule has 0 aromatic heterocycles. The van der Waals surface area contributed by atoms with E-state index in [0.717, 1.165) is 25.3 Å². The largest absolute Gasteiger partial charge is 0.383 e. The lowest BCUT2D eigenvalue weighted by Crippen LogP contribution is -2.33. The molecule has 0 saturated heterocycles. The number of ether oxygens (including phenoxy) is 1. The van der Waals surface area contributed by atoms with Crippen molar-refractivity contribution in [1.82, 2.24) is 4.90 Å². The minimum Gasteiger partial charge on any atom is -0.383 e. The summed E-state index contributed by atoms with van der Waals surface area (Å²) >= 11 is 0. The van der Waals surface area contributed by atoms with Crippen LogP contribution in [0.2, 0.25) is 0 Å². The summed E-state index contributed by atoms with van der Waals surface area (Å²) in [6.07, 6.45) is 2.52. The molecule has 96 valence electrons. The molecule has 0 aliphatic heterocycles. The first-order chi connectivity index (χ1) is 8.85. The molecule has 1 atom stereocenters. The maximum absolute atomic E-state index is 9.35. The fourth-order valence-electron chi connectivity index (χ4n) is 2.21. The zero-order valence-electron chi connectivity index (χ0n) is 10.9. The first kappa shape index (κ1) is 13.1. The van der Waals surface area contributed by atoms with Crippen molar-refractivity contribution >= 4 is 0 Å². The first-order valence-corrected chi connectivity index (χ1v) is 6.52. The predicted octanol–water partition coefficient (Wildman–Crippen LogP) is 2.40. The third kappa shape index (κ3) is 3.56. The summed E-state index contributed by atoms with van der Waals surface area (Å²) in [6, 6.07) is 13.1. The van der Waals surface area contributed by atoms with E-state index in [4.69, 9.17) is 4.74 Å². The van der Waals surface area contributed by atoms with Gasteiger partial charge in [-0.3, -0.25) is 4.90 Å². The molecular weight excluding hydrogens is 224 g/mol. The van der Waals surface area contributed by atoms with E-state index in [1.807, 2.05) is 30.3 Å². The SMILES string of the molecule is COCCN(CC(C#N)c1ccccc1)C1CC1. The van der Waals surface area contributed by atoms with Gasteiger partial charge in [-0.15, -0.1) is 0 Å². The highest BCUT2D eigenvalue weighted by Gasteiger charge is 2.30. The number of hydrogen-bond donors (Lipinski definition) is 0. The van der Waals surface area contributed by atoms with Gasteiger partial charge in [0.15, 0.2) is 0 Å². The number of nitriles is 1. The van der Waals surface area contributed by atoms with Gasteiger partial charge in [0.05, 0.1) is 18.6 Å². The van der Waals surface area contributed by atoms with Crippen LogP contribution in [0.5, 0.6) is 0 Å². The van der Waals surface area contributed by atoms with Gasteiger partial charge in [0, 0.05) is 26.2 Å². The zero-order chi connectivity index (χ0) is 12.8. The minimum absolute atomic E-state index is 0.0383. The quantitative estimate of drug-likeness (QED) is 0.739. The van der Waals surface area contributed by atoms with Gasteiger partial charge in [0.2, 0.25) is 0 Å². The number of rotatable bonds is 7. The van der Waals surface area contributed by atoms with Crippen molar-refractivity contribution in [2.24, 2.45) is 0 Å². The van der Waals surface area contributed by atoms with Crippen LogP contribution in [0.3, 0.4) is 0 Å². The molecule has 1 aliphatic carbocycles. The molecule has 1 fully saturated rings. The van der Waals surface area contributed by atoms with Crippen LogP contribution in [0.4, 0.5) is 0 Å². The summed E-state index contributed by atoms with van der Waals surface area (Å²) in [4.78, 5) is 2.39. The number of benzene rings is 1. The normalized spacial score (nSPS) is 16.5. The maximum atomic E-state index is 9.35. The topological polar surface area (TPSA) is 36.3 Å². The molecule has 1 saturated carbocycles. The molecule has 0 spiro atoms. The molecule has 0 amide bonds. The van der Waals surface area contributed by atoms with Crippen molar-refractivity contribution in [3.8, 4) is 6.07 Å². The molecule has 0 radical (unpaired) electrons. The van der Waals surface area contributed by atoms with E-state index < -0.39 is 0 Å². The lowest BCUT2D eigenvalue weighted by molar-refractivity contribution is 0.142. The predicted molar refractivity (Wildman–Crippen MR) is 71.3 cm³/mol. The molecule has 1 unspecified atom stereocenters. The Morgan fingerprint density at radius 2 is 2.11 bits per heavy atom. The Morgan fingerprint density at radius 3 is 2.67 bits per heavy atom. The van der Waals surface area contributed by atoms with E-state index in [0.29, 0.717) is 6.04 Å². The molecule has 0 N–H and O–H groups in total. The highest BCUT2D eigenvalue weighted by atomic mass is 16.5. The second-order valence-electron chi connectivity index (χ2n) is 4.81. The summed E-state index contributed by atoms with van der Waals surface area (Å²) < 4.78 is 5.15. The molecule has 18 heavy (non-hydrogen) atoms. The van der Waals surface area contributed by atoms with E-state index >= 15 is 0 Å². The van der Waals surface area contributed by atoms with Crippen molar-refractivity contribution in [2.75, 3.05) is 26.8 Å². The molecule has 1 aliphatic rings. The van der Waals surface area contributed by atoms with Crippen molar-refractivity contribution in [3.63, 3.8) is 0 Å². The lowest BCUT2D eigenvalue weighted by atomic mass is 10.00. The van der Waals surface area contributed by atoms with Crippen molar-refractivity contribution in [2.45, 2.75) is 24.8 Å². The third-order valence-corrected chi connectivity index (χ3v) is 3.42. The Labute approximate surface area is 109 Å². The second-order valence-corrected chi connectivity index (χ2v) is 4.81. The standard InChI is InChI=1S/C15H20N2O/c1-18-10-9-17(15-7-8-15)12-14(11-16)13-5-3-2-4-6-13/h2-6,14-15H,7-10,12H2,1H3. The highest BCUT2D eigenvalue weighted by molar-refractivity contribution is 5.25. The van der Waals surface area contributed by atoms with Crippen molar-refractivity contribution in [1.29, 1.82) is 5.26 Å². The van der Waals surface area contributed by atoms with Crippen LogP contribution in [0, 0.1) is 11.3 Å². The summed E-state index contributed by atoms with van der Waals surface area (Å²) in [5.74, 6) is -0.0383. The summed E-state index contributed by atoms with van der Waals surface area (Å²) in [6.45, 7) is 2.48. The average molecular weight is 244 g/mol. The molecule has 1 aromatic rings.